The third-order valence-corrected chi connectivity index (χ3v) is 13.4. The summed E-state index contributed by atoms with van der Waals surface area (Å²) in [4.78, 5) is 83.6. The number of fused-ring (bicyclic) bond motifs is 5. The first kappa shape index (κ1) is 46.1. The molecule has 1 unspecified atom stereocenters. The highest BCUT2D eigenvalue weighted by molar-refractivity contribution is 5.96. The summed E-state index contributed by atoms with van der Waals surface area (Å²) in [5.41, 5.74) is -8.35. The topological polar surface area (TPSA) is 231 Å². The maximum absolute atomic E-state index is 15.6. The van der Waals surface area contributed by atoms with E-state index in [2.05, 4.69) is 5.32 Å². The molecular formula is C45H61NO15. The molecule has 1 heterocycles. The van der Waals surface area contributed by atoms with Crippen LogP contribution in [0.15, 0.2) is 41.5 Å². The molecule has 6 rings (SSSR count). The van der Waals surface area contributed by atoms with Crippen LogP contribution in [0.1, 0.15) is 112 Å². The van der Waals surface area contributed by atoms with Crippen molar-refractivity contribution in [2.75, 3.05) is 6.61 Å². The van der Waals surface area contributed by atoms with Crippen molar-refractivity contribution in [2.45, 2.75) is 161 Å². The number of amides is 1. The van der Waals surface area contributed by atoms with E-state index in [4.69, 9.17) is 28.4 Å². The van der Waals surface area contributed by atoms with Gasteiger partial charge in [-0.1, -0.05) is 45.9 Å². The molecule has 4 aliphatic carbocycles. The number of carbonyl (C=O) groups excluding carboxylic acids is 6. The average Bonchev–Trinajstić information content (AvgIpc) is 4.01. The molecule has 1 amide bonds. The number of hydrogen-bond acceptors (Lipinski definition) is 15. The Kier molecular flexibility index (Phi) is 12.4. The maximum Gasteiger partial charge on any atom is 0.407 e. The summed E-state index contributed by atoms with van der Waals surface area (Å²) in [7, 11) is 0. The first-order valence-electron chi connectivity index (χ1n) is 21.1. The largest absolute Gasteiger partial charge is 0.456 e. The van der Waals surface area contributed by atoms with Gasteiger partial charge in [0.05, 0.1) is 41.6 Å². The fourth-order valence-corrected chi connectivity index (χ4v) is 9.99. The highest BCUT2D eigenvalue weighted by Gasteiger charge is 2.78. The Morgan fingerprint density at radius 3 is 2.18 bits per heavy atom. The molecular weight excluding hydrogens is 794 g/mol. The van der Waals surface area contributed by atoms with Gasteiger partial charge < -0.3 is 49.1 Å². The molecule has 2 bridgehead atoms. The first-order chi connectivity index (χ1) is 28.3. The molecule has 16 heteroatoms. The van der Waals surface area contributed by atoms with E-state index < -0.39 is 124 Å². The van der Waals surface area contributed by atoms with Crippen molar-refractivity contribution in [1.29, 1.82) is 0 Å². The highest BCUT2D eigenvalue weighted by Crippen LogP contribution is 2.64. The number of benzene rings is 1. The van der Waals surface area contributed by atoms with Gasteiger partial charge in [0.1, 0.15) is 29.5 Å². The van der Waals surface area contributed by atoms with Gasteiger partial charge in [-0.05, 0) is 83.1 Å². The predicted molar refractivity (Wildman–Crippen MR) is 214 cm³/mol. The Balaban J connectivity index is 1.54. The second-order valence-corrected chi connectivity index (χ2v) is 19.6. The number of alkyl carbamates (subject to hydrolysis) is 1. The minimum Gasteiger partial charge on any atom is -0.456 e. The quantitative estimate of drug-likeness (QED) is 0.141. The van der Waals surface area contributed by atoms with Crippen LogP contribution >= 0.6 is 0 Å². The van der Waals surface area contributed by atoms with Gasteiger partial charge in [-0.15, -0.1) is 0 Å². The van der Waals surface area contributed by atoms with Gasteiger partial charge in [-0.2, -0.15) is 0 Å². The Bertz CT molecular complexity index is 1950. The summed E-state index contributed by atoms with van der Waals surface area (Å²) in [5.74, 6) is -6.53. The van der Waals surface area contributed by atoms with Gasteiger partial charge in [-0.25, -0.2) is 14.4 Å². The fourth-order valence-electron chi connectivity index (χ4n) is 9.99. The van der Waals surface area contributed by atoms with Crippen LogP contribution in [0.3, 0.4) is 0 Å². The van der Waals surface area contributed by atoms with Crippen molar-refractivity contribution in [2.24, 2.45) is 28.6 Å². The molecule has 5 aliphatic rings. The number of ether oxygens (including phenoxy) is 6. The number of aliphatic hydroxyl groups excluding tert-OH is 2. The molecule has 11 atom stereocenters. The zero-order valence-corrected chi connectivity index (χ0v) is 36.6. The lowest BCUT2D eigenvalue weighted by atomic mass is 9.44. The Morgan fingerprint density at radius 2 is 1.64 bits per heavy atom. The highest BCUT2D eigenvalue weighted by atomic mass is 16.6. The van der Waals surface area contributed by atoms with E-state index in [0.29, 0.717) is 12.8 Å². The standard InChI is InChI=1S/C45H61NO15/c1-22(2)18-27(46-40(54)61-41(5,6)7)32(49)39(53)57-28-20-45(55)36(59-38(52)25-14-12-11-13-15-25)34-43(10,29(48)19-30-44(34,21-56-30)60-24(4)47)35(50)33(58-37(51)26-16-17-26)31(23(28)3)42(45,8)9/h11-15,22,26-30,32-34,36,48-49,55H,16-21H2,1-10H3,(H,46,54)/t27-,28-,29-,30+,32+,33+,34?,36-,43+,44-,45+/m0/s1. The van der Waals surface area contributed by atoms with Crippen molar-refractivity contribution < 1.29 is 72.5 Å². The number of nitrogens with one attached hydrogen (secondary N) is 1. The van der Waals surface area contributed by atoms with Crippen molar-refractivity contribution in [3.63, 3.8) is 0 Å². The number of carbonyl (C=O) groups is 6. The van der Waals surface area contributed by atoms with Crippen LogP contribution in [0.4, 0.5) is 4.79 Å². The summed E-state index contributed by atoms with van der Waals surface area (Å²) >= 11 is 0. The number of Topliss-reactive ketones (excluding diaryl/α,β-unsaturated/α-hetero) is 1. The lowest BCUT2D eigenvalue weighted by Crippen LogP contribution is -2.82. The van der Waals surface area contributed by atoms with Crippen LogP contribution in [0.2, 0.25) is 0 Å². The molecule has 336 valence electrons. The van der Waals surface area contributed by atoms with Crippen LogP contribution in [0.25, 0.3) is 0 Å². The van der Waals surface area contributed by atoms with E-state index in [-0.39, 0.29) is 42.1 Å². The van der Waals surface area contributed by atoms with Crippen LogP contribution in [0.5, 0.6) is 0 Å². The summed E-state index contributed by atoms with van der Waals surface area (Å²) in [6.45, 7) is 15.7. The minimum absolute atomic E-state index is 0.0410. The second kappa shape index (κ2) is 16.4. The number of ketones is 1. The van der Waals surface area contributed by atoms with Crippen LogP contribution < -0.4 is 5.32 Å². The SMILES string of the molecule is CC(=O)O[C@@]12CO[C@@H]1C[C@H](O)[C@@]1(C)C(=O)[C@H](OC(=O)C3CC3)C3=C(C)[C@@H](OC(=O)[C@H](O)[C@H](CC(C)C)NC(=O)OC(C)(C)C)C[C@@](O)([C@@H](OC(=O)c4ccccc4)C12)C3(C)C. The van der Waals surface area contributed by atoms with E-state index in [9.17, 15) is 39.3 Å². The number of rotatable bonds is 11. The van der Waals surface area contributed by atoms with E-state index in [0.717, 1.165) is 6.92 Å². The lowest BCUT2D eigenvalue weighted by Gasteiger charge is -2.67. The fraction of sp³-hybridized carbons (Fsp3) is 0.689. The molecule has 1 aromatic carbocycles. The van der Waals surface area contributed by atoms with Crippen LogP contribution in [-0.4, -0.2) is 117 Å². The third kappa shape index (κ3) is 8.32. The zero-order valence-electron chi connectivity index (χ0n) is 36.6. The van der Waals surface area contributed by atoms with Gasteiger partial charge in [0.2, 0.25) is 0 Å². The van der Waals surface area contributed by atoms with Gasteiger partial charge in [0, 0.05) is 25.2 Å². The summed E-state index contributed by atoms with van der Waals surface area (Å²) in [6.07, 6.45) is -9.96. The molecule has 1 aromatic rings. The van der Waals surface area contributed by atoms with Gasteiger partial charge in [-0.3, -0.25) is 14.4 Å². The second-order valence-electron chi connectivity index (χ2n) is 19.6. The number of esters is 4. The molecule has 0 aromatic heterocycles. The van der Waals surface area contributed by atoms with Gasteiger partial charge >= 0.3 is 30.0 Å². The number of aliphatic hydroxyl groups is 3. The first-order valence-corrected chi connectivity index (χ1v) is 21.1. The molecule has 1 saturated heterocycles. The maximum atomic E-state index is 15.6. The van der Waals surface area contributed by atoms with Crippen LogP contribution in [-0.2, 0) is 47.6 Å². The van der Waals surface area contributed by atoms with Gasteiger partial charge in [0.15, 0.2) is 23.6 Å². The van der Waals surface area contributed by atoms with Gasteiger partial charge in [0.25, 0.3) is 0 Å². The molecule has 4 N–H and O–H groups in total. The van der Waals surface area contributed by atoms with E-state index >= 15 is 4.79 Å². The number of hydrogen-bond donors (Lipinski definition) is 4. The molecule has 16 nitrogen and oxygen atoms in total. The lowest BCUT2D eigenvalue weighted by molar-refractivity contribution is -0.346. The normalized spacial score (nSPS) is 33.9. The zero-order chi connectivity index (χ0) is 45.2. The van der Waals surface area contributed by atoms with E-state index in [1.807, 2.05) is 13.8 Å². The van der Waals surface area contributed by atoms with Crippen molar-refractivity contribution >= 4 is 35.8 Å². The van der Waals surface area contributed by atoms with Crippen LogP contribution in [0, 0.1) is 28.6 Å². The summed E-state index contributed by atoms with van der Waals surface area (Å²) in [5, 5.41) is 39.9. The molecule has 3 saturated carbocycles. The monoisotopic (exact) mass is 855 g/mol. The molecule has 4 fully saturated rings. The molecule has 61 heavy (non-hydrogen) atoms. The van der Waals surface area contributed by atoms with Crippen molar-refractivity contribution in [3.05, 3.63) is 47.0 Å². The Hall–Kier alpha value is -4.38. The smallest absolute Gasteiger partial charge is 0.407 e. The predicted octanol–water partition coefficient (Wildman–Crippen LogP) is 3.89. The van der Waals surface area contributed by atoms with E-state index in [1.165, 1.54) is 19.1 Å². The Labute approximate surface area is 356 Å². The molecule has 0 spiro atoms. The third-order valence-electron chi connectivity index (χ3n) is 13.4. The Morgan fingerprint density at radius 1 is 1.00 bits per heavy atom. The van der Waals surface area contributed by atoms with Crippen molar-refractivity contribution in [3.8, 4) is 0 Å². The van der Waals surface area contributed by atoms with Crippen molar-refractivity contribution in [1.82, 2.24) is 5.32 Å². The summed E-state index contributed by atoms with van der Waals surface area (Å²) < 4.78 is 36.0. The average molecular weight is 856 g/mol. The summed E-state index contributed by atoms with van der Waals surface area (Å²) in [6, 6.07) is 6.71. The minimum atomic E-state index is -2.37. The molecule has 0 radical (unpaired) electrons. The molecule has 1 aliphatic heterocycles. The van der Waals surface area contributed by atoms with E-state index in [1.54, 1.807) is 59.7 Å².